The molecule has 1 aliphatic rings. The number of nitrogens with one attached hydrogen (secondary N) is 2. The Bertz CT molecular complexity index is 408. The van der Waals surface area contributed by atoms with Crippen LogP contribution in [0.3, 0.4) is 0 Å². The standard InChI is InChI=1S/C11H17N3O2/c1-2-8(6-15)12-9-5-10(16)14-11(13-9)7-3-4-7/h5,7-8,15H,2-4,6H2,1H3,(H2,12,13,14,16). The minimum atomic E-state index is -0.132. The van der Waals surface area contributed by atoms with Crippen molar-refractivity contribution in [3.8, 4) is 0 Å². The topological polar surface area (TPSA) is 78.0 Å². The predicted molar refractivity (Wildman–Crippen MR) is 61.6 cm³/mol. The Balaban J connectivity index is 2.16. The number of rotatable bonds is 5. The molecule has 0 bridgehead atoms. The van der Waals surface area contributed by atoms with Gasteiger partial charge in [-0.1, -0.05) is 6.92 Å². The third-order valence-corrected chi connectivity index (χ3v) is 2.79. The van der Waals surface area contributed by atoms with Crippen molar-refractivity contribution in [3.05, 3.63) is 22.2 Å². The Morgan fingerprint density at radius 2 is 2.44 bits per heavy atom. The van der Waals surface area contributed by atoms with Crippen LogP contribution in [0.25, 0.3) is 0 Å². The van der Waals surface area contributed by atoms with Crippen LogP contribution in [-0.4, -0.2) is 27.7 Å². The maximum atomic E-state index is 11.4. The zero-order chi connectivity index (χ0) is 11.5. The predicted octanol–water partition coefficient (Wildman–Crippen LogP) is 0.830. The molecule has 1 fully saturated rings. The maximum absolute atomic E-state index is 11.4. The van der Waals surface area contributed by atoms with Crippen LogP contribution in [0.5, 0.6) is 0 Å². The Labute approximate surface area is 93.9 Å². The summed E-state index contributed by atoms with van der Waals surface area (Å²) in [5.41, 5.74) is -0.132. The molecule has 88 valence electrons. The van der Waals surface area contributed by atoms with Crippen LogP contribution in [0.2, 0.25) is 0 Å². The monoisotopic (exact) mass is 223 g/mol. The normalized spacial score (nSPS) is 17.1. The van der Waals surface area contributed by atoms with Crippen LogP contribution < -0.4 is 10.9 Å². The first kappa shape index (κ1) is 11.1. The summed E-state index contributed by atoms with van der Waals surface area (Å²) in [7, 11) is 0. The first-order valence-electron chi connectivity index (χ1n) is 5.71. The van der Waals surface area contributed by atoms with Gasteiger partial charge >= 0.3 is 0 Å². The van der Waals surface area contributed by atoms with Crippen LogP contribution in [0.15, 0.2) is 10.9 Å². The Morgan fingerprint density at radius 1 is 1.69 bits per heavy atom. The highest BCUT2D eigenvalue weighted by Gasteiger charge is 2.26. The van der Waals surface area contributed by atoms with Gasteiger partial charge in [-0.15, -0.1) is 0 Å². The van der Waals surface area contributed by atoms with Crippen molar-refractivity contribution in [2.75, 3.05) is 11.9 Å². The van der Waals surface area contributed by atoms with Gasteiger partial charge in [-0.2, -0.15) is 0 Å². The van der Waals surface area contributed by atoms with E-state index in [-0.39, 0.29) is 18.2 Å². The van der Waals surface area contributed by atoms with Crippen molar-refractivity contribution < 1.29 is 5.11 Å². The maximum Gasteiger partial charge on any atom is 0.252 e. The molecule has 1 aromatic rings. The molecule has 16 heavy (non-hydrogen) atoms. The number of aromatic nitrogens is 2. The zero-order valence-electron chi connectivity index (χ0n) is 9.36. The minimum Gasteiger partial charge on any atom is -0.394 e. The molecule has 5 heteroatoms. The second-order valence-corrected chi connectivity index (χ2v) is 4.22. The molecule has 0 radical (unpaired) electrons. The second kappa shape index (κ2) is 4.65. The SMILES string of the molecule is CCC(CO)Nc1cc(=O)[nH]c(C2CC2)n1. The van der Waals surface area contributed by atoms with E-state index in [1.54, 1.807) is 0 Å². The molecule has 3 N–H and O–H groups in total. The summed E-state index contributed by atoms with van der Waals surface area (Å²) in [6, 6.07) is 1.39. The summed E-state index contributed by atoms with van der Waals surface area (Å²) in [6.07, 6.45) is 3.00. The van der Waals surface area contributed by atoms with Gasteiger partial charge in [0.15, 0.2) is 0 Å². The van der Waals surface area contributed by atoms with E-state index in [1.807, 2.05) is 6.92 Å². The lowest BCUT2D eigenvalue weighted by atomic mass is 10.2. The van der Waals surface area contributed by atoms with Crippen LogP contribution in [0, 0.1) is 0 Å². The largest absolute Gasteiger partial charge is 0.394 e. The molecule has 5 nitrogen and oxygen atoms in total. The molecule has 0 aromatic carbocycles. The smallest absolute Gasteiger partial charge is 0.252 e. The van der Waals surface area contributed by atoms with Gasteiger partial charge in [0, 0.05) is 12.0 Å². The van der Waals surface area contributed by atoms with E-state index in [9.17, 15) is 4.79 Å². The van der Waals surface area contributed by atoms with Crippen LogP contribution in [-0.2, 0) is 0 Å². The van der Waals surface area contributed by atoms with Gasteiger partial charge in [-0.3, -0.25) is 4.79 Å². The van der Waals surface area contributed by atoms with E-state index in [4.69, 9.17) is 5.11 Å². The number of aromatic amines is 1. The van der Waals surface area contributed by atoms with E-state index in [1.165, 1.54) is 6.07 Å². The van der Waals surface area contributed by atoms with Crippen LogP contribution >= 0.6 is 0 Å². The van der Waals surface area contributed by atoms with Crippen molar-refractivity contribution in [1.82, 2.24) is 9.97 Å². The molecule has 1 heterocycles. The van der Waals surface area contributed by atoms with Crippen LogP contribution in [0.4, 0.5) is 5.82 Å². The molecule has 0 amide bonds. The van der Waals surface area contributed by atoms with Gasteiger partial charge in [-0.05, 0) is 19.3 Å². The average Bonchev–Trinajstić information content (AvgIpc) is 3.08. The number of nitrogens with zero attached hydrogens (tertiary/aromatic N) is 1. The Kier molecular flexibility index (Phi) is 3.24. The number of H-pyrrole nitrogens is 1. The summed E-state index contributed by atoms with van der Waals surface area (Å²) in [5, 5.41) is 12.1. The highest BCUT2D eigenvalue weighted by atomic mass is 16.3. The average molecular weight is 223 g/mol. The molecule has 0 saturated heterocycles. The van der Waals surface area contributed by atoms with Crippen molar-refractivity contribution >= 4 is 5.82 Å². The Morgan fingerprint density at radius 3 is 3.00 bits per heavy atom. The fourth-order valence-corrected chi connectivity index (χ4v) is 1.59. The summed E-state index contributed by atoms with van der Waals surface area (Å²) >= 11 is 0. The van der Waals surface area contributed by atoms with Gasteiger partial charge in [0.1, 0.15) is 11.6 Å². The van der Waals surface area contributed by atoms with Gasteiger partial charge in [0.2, 0.25) is 0 Å². The van der Waals surface area contributed by atoms with E-state index >= 15 is 0 Å². The number of hydrogen-bond acceptors (Lipinski definition) is 4. The minimum absolute atomic E-state index is 0.0404. The van der Waals surface area contributed by atoms with Gasteiger partial charge in [-0.25, -0.2) is 4.98 Å². The quantitative estimate of drug-likeness (QED) is 0.691. The third kappa shape index (κ3) is 2.61. The lowest BCUT2D eigenvalue weighted by Crippen LogP contribution is -2.25. The molecule has 0 aliphatic heterocycles. The molecule has 1 aromatic heterocycles. The van der Waals surface area contributed by atoms with E-state index in [2.05, 4.69) is 15.3 Å². The lowest BCUT2D eigenvalue weighted by molar-refractivity contribution is 0.271. The zero-order valence-corrected chi connectivity index (χ0v) is 9.36. The van der Waals surface area contributed by atoms with E-state index in [0.717, 1.165) is 25.1 Å². The molecular formula is C11H17N3O2. The van der Waals surface area contributed by atoms with Crippen molar-refractivity contribution in [2.45, 2.75) is 38.1 Å². The lowest BCUT2D eigenvalue weighted by Gasteiger charge is -2.14. The molecular weight excluding hydrogens is 206 g/mol. The van der Waals surface area contributed by atoms with E-state index < -0.39 is 0 Å². The van der Waals surface area contributed by atoms with Gasteiger partial charge < -0.3 is 15.4 Å². The molecule has 2 rings (SSSR count). The first-order valence-corrected chi connectivity index (χ1v) is 5.71. The fourth-order valence-electron chi connectivity index (χ4n) is 1.59. The second-order valence-electron chi connectivity index (χ2n) is 4.22. The molecule has 1 atom stereocenters. The first-order chi connectivity index (χ1) is 7.72. The molecule has 1 aliphatic carbocycles. The van der Waals surface area contributed by atoms with Crippen LogP contribution in [0.1, 0.15) is 37.9 Å². The number of anilines is 1. The molecule has 1 saturated carbocycles. The highest BCUT2D eigenvalue weighted by Crippen LogP contribution is 2.37. The summed E-state index contributed by atoms with van der Waals surface area (Å²) in [5.74, 6) is 1.75. The highest BCUT2D eigenvalue weighted by molar-refractivity contribution is 5.35. The van der Waals surface area contributed by atoms with Gasteiger partial charge in [0.05, 0.1) is 12.6 Å². The molecule has 1 unspecified atom stereocenters. The molecule has 0 spiro atoms. The van der Waals surface area contributed by atoms with Crippen molar-refractivity contribution in [1.29, 1.82) is 0 Å². The van der Waals surface area contributed by atoms with E-state index in [0.29, 0.717) is 11.7 Å². The number of aliphatic hydroxyl groups excluding tert-OH is 1. The van der Waals surface area contributed by atoms with Crippen molar-refractivity contribution in [3.63, 3.8) is 0 Å². The third-order valence-electron chi connectivity index (χ3n) is 2.79. The number of aliphatic hydroxyl groups is 1. The Hall–Kier alpha value is -1.36. The fraction of sp³-hybridized carbons (Fsp3) is 0.636. The van der Waals surface area contributed by atoms with Gasteiger partial charge in [0.25, 0.3) is 5.56 Å². The summed E-state index contributed by atoms with van der Waals surface area (Å²) in [4.78, 5) is 18.5. The summed E-state index contributed by atoms with van der Waals surface area (Å²) in [6.45, 7) is 2.02. The summed E-state index contributed by atoms with van der Waals surface area (Å²) < 4.78 is 0. The van der Waals surface area contributed by atoms with Crippen molar-refractivity contribution in [2.24, 2.45) is 0 Å². The number of hydrogen-bond donors (Lipinski definition) is 3.